The minimum absolute atomic E-state index is 0.0388. The van der Waals surface area contributed by atoms with Crippen LogP contribution in [0.1, 0.15) is 12.5 Å². The van der Waals surface area contributed by atoms with E-state index < -0.39 is 11.7 Å². The van der Waals surface area contributed by atoms with Crippen molar-refractivity contribution in [3.63, 3.8) is 0 Å². The summed E-state index contributed by atoms with van der Waals surface area (Å²) in [4.78, 5) is 3.66. The van der Waals surface area contributed by atoms with Gasteiger partial charge in [0.15, 0.2) is 0 Å². The molecule has 0 radical (unpaired) electrons. The van der Waals surface area contributed by atoms with Gasteiger partial charge in [0.1, 0.15) is 5.82 Å². The van der Waals surface area contributed by atoms with E-state index in [0.29, 0.717) is 6.54 Å². The summed E-state index contributed by atoms with van der Waals surface area (Å²) in [5.41, 5.74) is -0.852. The van der Waals surface area contributed by atoms with Crippen molar-refractivity contribution in [1.82, 2.24) is 10.3 Å². The fourth-order valence-corrected chi connectivity index (χ4v) is 1.31. The average Bonchev–Trinajstić information content (AvgIpc) is 2.25. The van der Waals surface area contributed by atoms with E-state index in [4.69, 9.17) is 11.6 Å². The predicted molar refractivity (Wildman–Crippen MR) is 61.3 cm³/mol. The van der Waals surface area contributed by atoms with E-state index in [0.717, 1.165) is 12.3 Å². The van der Waals surface area contributed by atoms with Crippen molar-refractivity contribution in [3.05, 3.63) is 22.8 Å². The Morgan fingerprint density at radius 3 is 2.59 bits per heavy atom. The van der Waals surface area contributed by atoms with Crippen LogP contribution in [-0.4, -0.2) is 24.6 Å². The minimum Gasteiger partial charge on any atom is -0.367 e. The van der Waals surface area contributed by atoms with E-state index in [1.165, 1.54) is 0 Å². The molecule has 3 nitrogen and oxygen atoms in total. The summed E-state index contributed by atoms with van der Waals surface area (Å²) in [6, 6.07) is 1.02. The number of alkyl halides is 3. The third-order valence-electron chi connectivity index (χ3n) is 2.24. The second kappa shape index (κ2) is 5.55. The normalized spacial score (nSPS) is 13.5. The molecule has 7 heteroatoms. The molecule has 1 atom stereocenters. The van der Waals surface area contributed by atoms with Gasteiger partial charge in [0.25, 0.3) is 0 Å². The van der Waals surface area contributed by atoms with E-state index >= 15 is 0 Å². The number of pyridine rings is 1. The van der Waals surface area contributed by atoms with Crippen LogP contribution < -0.4 is 10.6 Å². The Hall–Kier alpha value is -1.01. The van der Waals surface area contributed by atoms with Gasteiger partial charge in [0.2, 0.25) is 0 Å². The Bertz CT molecular complexity index is 382. The zero-order chi connectivity index (χ0) is 13.1. The largest absolute Gasteiger partial charge is 0.417 e. The first-order valence-electron chi connectivity index (χ1n) is 4.98. The molecule has 0 aliphatic carbocycles. The number of anilines is 1. The molecular formula is C10H13ClF3N3. The third kappa shape index (κ3) is 4.05. The van der Waals surface area contributed by atoms with Gasteiger partial charge in [-0.15, -0.1) is 0 Å². The molecule has 0 aliphatic heterocycles. The molecule has 0 aliphatic rings. The number of hydrogen-bond donors (Lipinski definition) is 2. The number of rotatable bonds is 4. The highest BCUT2D eigenvalue weighted by Crippen LogP contribution is 2.32. The van der Waals surface area contributed by atoms with Gasteiger partial charge < -0.3 is 10.6 Å². The van der Waals surface area contributed by atoms with Gasteiger partial charge in [-0.2, -0.15) is 13.2 Å². The molecule has 0 aromatic carbocycles. The number of halogens is 4. The maximum absolute atomic E-state index is 12.3. The van der Waals surface area contributed by atoms with Crippen molar-refractivity contribution >= 4 is 17.4 Å². The Balaban J connectivity index is 2.77. The van der Waals surface area contributed by atoms with Crippen molar-refractivity contribution in [2.24, 2.45) is 0 Å². The molecule has 0 saturated heterocycles. The molecule has 0 saturated carbocycles. The highest BCUT2D eigenvalue weighted by atomic mass is 35.5. The molecule has 1 heterocycles. The molecule has 17 heavy (non-hydrogen) atoms. The van der Waals surface area contributed by atoms with Gasteiger partial charge in [0.05, 0.1) is 10.6 Å². The van der Waals surface area contributed by atoms with Crippen LogP contribution in [0.15, 0.2) is 12.3 Å². The second-order valence-electron chi connectivity index (χ2n) is 3.62. The summed E-state index contributed by atoms with van der Waals surface area (Å²) < 4.78 is 37.0. The lowest BCUT2D eigenvalue weighted by atomic mass is 10.2. The number of aromatic nitrogens is 1. The molecular weight excluding hydrogens is 255 g/mol. The monoisotopic (exact) mass is 267 g/mol. The van der Waals surface area contributed by atoms with E-state index in [2.05, 4.69) is 15.6 Å². The molecule has 96 valence electrons. The lowest BCUT2D eigenvalue weighted by molar-refractivity contribution is -0.137. The van der Waals surface area contributed by atoms with Crippen LogP contribution in [-0.2, 0) is 6.18 Å². The summed E-state index contributed by atoms with van der Waals surface area (Å²) in [6.07, 6.45) is -3.66. The van der Waals surface area contributed by atoms with Crippen LogP contribution in [0.3, 0.4) is 0 Å². The topological polar surface area (TPSA) is 37.0 Å². The molecule has 1 aromatic heterocycles. The van der Waals surface area contributed by atoms with E-state index in [1.807, 2.05) is 6.92 Å². The van der Waals surface area contributed by atoms with E-state index in [9.17, 15) is 13.2 Å². The van der Waals surface area contributed by atoms with Crippen molar-refractivity contribution in [3.8, 4) is 0 Å². The minimum atomic E-state index is -4.42. The Morgan fingerprint density at radius 2 is 2.12 bits per heavy atom. The molecule has 1 rings (SSSR count). The molecule has 0 amide bonds. The maximum Gasteiger partial charge on any atom is 0.417 e. The Labute approximate surface area is 102 Å². The first kappa shape index (κ1) is 14.1. The van der Waals surface area contributed by atoms with Crippen molar-refractivity contribution in [2.45, 2.75) is 19.1 Å². The lowest BCUT2D eigenvalue weighted by Crippen LogP contribution is -2.29. The van der Waals surface area contributed by atoms with Crippen LogP contribution in [0, 0.1) is 0 Å². The van der Waals surface area contributed by atoms with Gasteiger partial charge in [0, 0.05) is 18.8 Å². The molecule has 0 spiro atoms. The summed E-state index contributed by atoms with van der Waals surface area (Å²) >= 11 is 5.72. The number of nitrogens with zero attached hydrogens (tertiary/aromatic N) is 1. The first-order chi connectivity index (χ1) is 7.84. The molecule has 1 unspecified atom stereocenters. The standard InChI is InChI=1S/C10H13ClF3N3/c1-6(15-2)4-16-9-8(11)3-7(5-17-9)10(12,13)14/h3,5-6,15H,4H2,1-2H3,(H,16,17). The van der Waals surface area contributed by atoms with Gasteiger partial charge in [-0.1, -0.05) is 11.6 Å². The van der Waals surface area contributed by atoms with Crippen LogP contribution in [0.4, 0.5) is 19.0 Å². The zero-order valence-corrected chi connectivity index (χ0v) is 10.2. The lowest BCUT2D eigenvalue weighted by Gasteiger charge is -2.14. The second-order valence-corrected chi connectivity index (χ2v) is 4.03. The van der Waals surface area contributed by atoms with Gasteiger partial charge in [-0.25, -0.2) is 4.98 Å². The number of nitrogens with one attached hydrogen (secondary N) is 2. The van der Waals surface area contributed by atoms with E-state index in [1.54, 1.807) is 7.05 Å². The van der Waals surface area contributed by atoms with Crippen molar-refractivity contribution < 1.29 is 13.2 Å². The quantitative estimate of drug-likeness (QED) is 0.881. The predicted octanol–water partition coefficient (Wildman–Crippen LogP) is 2.77. The van der Waals surface area contributed by atoms with E-state index in [-0.39, 0.29) is 16.9 Å². The fourth-order valence-electron chi connectivity index (χ4n) is 1.07. The first-order valence-corrected chi connectivity index (χ1v) is 5.36. The summed E-state index contributed by atoms with van der Waals surface area (Å²) in [5, 5.41) is 5.81. The van der Waals surface area contributed by atoms with Crippen molar-refractivity contribution in [2.75, 3.05) is 18.9 Å². The van der Waals surface area contributed by atoms with Crippen molar-refractivity contribution in [1.29, 1.82) is 0 Å². The van der Waals surface area contributed by atoms with Crippen LogP contribution >= 0.6 is 11.6 Å². The number of likely N-dealkylation sites (N-methyl/N-ethyl adjacent to an activating group) is 1. The molecule has 0 fully saturated rings. The van der Waals surface area contributed by atoms with Crippen LogP contribution in [0.2, 0.25) is 5.02 Å². The maximum atomic E-state index is 12.3. The highest BCUT2D eigenvalue weighted by molar-refractivity contribution is 6.32. The van der Waals surface area contributed by atoms with Crippen LogP contribution in [0.5, 0.6) is 0 Å². The summed E-state index contributed by atoms with van der Waals surface area (Å²) in [5.74, 6) is 0.252. The molecule has 0 bridgehead atoms. The SMILES string of the molecule is CNC(C)CNc1ncc(C(F)(F)F)cc1Cl. The van der Waals surface area contributed by atoms with Crippen LogP contribution in [0.25, 0.3) is 0 Å². The molecule has 1 aromatic rings. The highest BCUT2D eigenvalue weighted by Gasteiger charge is 2.31. The average molecular weight is 268 g/mol. The third-order valence-corrected chi connectivity index (χ3v) is 2.53. The summed E-state index contributed by atoms with van der Waals surface area (Å²) in [7, 11) is 1.79. The number of hydrogen-bond acceptors (Lipinski definition) is 3. The van der Waals surface area contributed by atoms with Gasteiger partial charge >= 0.3 is 6.18 Å². The Morgan fingerprint density at radius 1 is 1.47 bits per heavy atom. The summed E-state index contributed by atoms with van der Waals surface area (Å²) in [6.45, 7) is 2.44. The Kier molecular flexibility index (Phi) is 4.59. The van der Waals surface area contributed by atoms with Gasteiger partial charge in [-0.05, 0) is 20.0 Å². The fraction of sp³-hybridized carbons (Fsp3) is 0.500. The zero-order valence-electron chi connectivity index (χ0n) is 9.40. The smallest absolute Gasteiger partial charge is 0.367 e. The molecule has 2 N–H and O–H groups in total. The van der Waals surface area contributed by atoms with Gasteiger partial charge in [-0.3, -0.25) is 0 Å².